The first-order valence-electron chi connectivity index (χ1n) is 6.90. The summed E-state index contributed by atoms with van der Waals surface area (Å²) in [7, 11) is 0. The highest BCUT2D eigenvalue weighted by Crippen LogP contribution is 2.29. The van der Waals surface area contributed by atoms with Crippen molar-refractivity contribution in [3.63, 3.8) is 0 Å². The molecule has 1 saturated carbocycles. The molecule has 0 unspecified atom stereocenters. The number of rotatable bonds is 3. The Bertz CT molecular complexity index is 418. The SMILES string of the molecule is FC(F)(F)c1ccc(CCC=C2CCCCC2)cc1. The minimum atomic E-state index is -4.23. The third kappa shape index (κ3) is 4.41. The maximum absolute atomic E-state index is 12.4. The molecule has 1 aromatic carbocycles. The van der Waals surface area contributed by atoms with Crippen molar-refractivity contribution >= 4 is 0 Å². The molecule has 3 heteroatoms. The highest BCUT2D eigenvalue weighted by atomic mass is 19.4. The van der Waals surface area contributed by atoms with E-state index in [1.165, 1.54) is 49.8 Å². The smallest absolute Gasteiger partial charge is 0.166 e. The zero-order valence-electron chi connectivity index (χ0n) is 11.0. The molecular formula is C16H19F3. The van der Waals surface area contributed by atoms with Crippen LogP contribution in [-0.2, 0) is 12.6 Å². The van der Waals surface area contributed by atoms with Gasteiger partial charge in [-0.15, -0.1) is 0 Å². The summed E-state index contributed by atoms with van der Waals surface area (Å²) in [5.41, 5.74) is 1.93. The Labute approximate surface area is 112 Å². The Morgan fingerprint density at radius 1 is 0.947 bits per heavy atom. The molecular weight excluding hydrogens is 249 g/mol. The van der Waals surface area contributed by atoms with E-state index >= 15 is 0 Å². The van der Waals surface area contributed by atoms with Gasteiger partial charge in [-0.1, -0.05) is 30.2 Å². The molecule has 0 bridgehead atoms. The van der Waals surface area contributed by atoms with Crippen LogP contribution in [0.15, 0.2) is 35.9 Å². The summed E-state index contributed by atoms with van der Waals surface area (Å²) in [6.07, 6.45) is 6.09. The van der Waals surface area contributed by atoms with Gasteiger partial charge in [0, 0.05) is 0 Å². The molecule has 2 rings (SSSR count). The molecule has 1 fully saturated rings. The van der Waals surface area contributed by atoms with E-state index in [0.29, 0.717) is 0 Å². The summed E-state index contributed by atoms with van der Waals surface area (Å²) in [5, 5.41) is 0. The van der Waals surface area contributed by atoms with Gasteiger partial charge in [0.2, 0.25) is 0 Å². The van der Waals surface area contributed by atoms with Gasteiger partial charge in [-0.2, -0.15) is 13.2 Å². The second kappa shape index (κ2) is 6.27. The number of halogens is 3. The zero-order chi connectivity index (χ0) is 13.7. The fraction of sp³-hybridized carbons (Fsp3) is 0.500. The third-order valence-electron chi connectivity index (χ3n) is 3.64. The Kier molecular flexibility index (Phi) is 4.67. The van der Waals surface area contributed by atoms with Gasteiger partial charge in [0.05, 0.1) is 5.56 Å². The van der Waals surface area contributed by atoms with Crippen molar-refractivity contribution in [2.45, 2.75) is 51.1 Å². The van der Waals surface area contributed by atoms with E-state index < -0.39 is 11.7 Å². The lowest BCUT2D eigenvalue weighted by atomic mass is 9.93. The van der Waals surface area contributed by atoms with Crippen LogP contribution >= 0.6 is 0 Å². The van der Waals surface area contributed by atoms with E-state index in [1.54, 1.807) is 12.1 Å². The van der Waals surface area contributed by atoms with Crippen LogP contribution in [0.25, 0.3) is 0 Å². The lowest BCUT2D eigenvalue weighted by Gasteiger charge is -2.13. The summed E-state index contributed by atoms with van der Waals surface area (Å²) >= 11 is 0. The fourth-order valence-corrected chi connectivity index (χ4v) is 2.51. The average molecular weight is 268 g/mol. The molecule has 1 aromatic rings. The highest BCUT2D eigenvalue weighted by Gasteiger charge is 2.29. The van der Waals surface area contributed by atoms with Gasteiger partial charge < -0.3 is 0 Å². The summed E-state index contributed by atoms with van der Waals surface area (Å²) in [6, 6.07) is 5.51. The van der Waals surface area contributed by atoms with Gasteiger partial charge in [-0.3, -0.25) is 0 Å². The molecule has 0 heterocycles. The van der Waals surface area contributed by atoms with Crippen molar-refractivity contribution in [3.8, 4) is 0 Å². The second-order valence-corrected chi connectivity index (χ2v) is 5.16. The number of hydrogen-bond acceptors (Lipinski definition) is 0. The minimum absolute atomic E-state index is 0.568. The van der Waals surface area contributed by atoms with E-state index in [2.05, 4.69) is 6.08 Å². The van der Waals surface area contributed by atoms with E-state index in [4.69, 9.17) is 0 Å². The van der Waals surface area contributed by atoms with Crippen LogP contribution in [0.2, 0.25) is 0 Å². The normalized spacial score (nSPS) is 16.5. The predicted octanol–water partition coefficient (Wildman–Crippen LogP) is 5.53. The molecule has 0 aromatic heterocycles. The van der Waals surface area contributed by atoms with E-state index in [9.17, 15) is 13.2 Å². The monoisotopic (exact) mass is 268 g/mol. The highest BCUT2D eigenvalue weighted by molar-refractivity contribution is 5.25. The van der Waals surface area contributed by atoms with E-state index in [1.807, 2.05) is 0 Å². The molecule has 0 aliphatic heterocycles. The lowest BCUT2D eigenvalue weighted by molar-refractivity contribution is -0.137. The Balaban J connectivity index is 1.86. The van der Waals surface area contributed by atoms with Crippen molar-refractivity contribution in [1.29, 1.82) is 0 Å². The molecule has 0 saturated heterocycles. The molecule has 0 N–H and O–H groups in total. The molecule has 104 valence electrons. The predicted molar refractivity (Wildman–Crippen MR) is 70.9 cm³/mol. The number of aryl methyl sites for hydroxylation is 1. The Morgan fingerprint density at radius 3 is 2.16 bits per heavy atom. The first-order valence-corrected chi connectivity index (χ1v) is 6.90. The van der Waals surface area contributed by atoms with Crippen molar-refractivity contribution in [3.05, 3.63) is 47.0 Å². The number of benzene rings is 1. The van der Waals surface area contributed by atoms with Crippen LogP contribution in [0.3, 0.4) is 0 Å². The standard InChI is InChI=1S/C16H19F3/c17-16(18,19)15-11-9-14(10-12-15)8-4-7-13-5-2-1-3-6-13/h7,9-12H,1-6,8H2. The summed E-state index contributed by atoms with van der Waals surface area (Å²) < 4.78 is 37.2. The topological polar surface area (TPSA) is 0 Å². The van der Waals surface area contributed by atoms with Crippen LogP contribution in [0.5, 0.6) is 0 Å². The molecule has 0 spiro atoms. The van der Waals surface area contributed by atoms with Crippen molar-refractivity contribution in [1.82, 2.24) is 0 Å². The van der Waals surface area contributed by atoms with Gasteiger partial charge in [-0.05, 0) is 56.2 Å². The van der Waals surface area contributed by atoms with Crippen LogP contribution in [-0.4, -0.2) is 0 Å². The summed E-state index contributed by atoms with van der Waals surface area (Å²) in [5.74, 6) is 0. The van der Waals surface area contributed by atoms with E-state index in [0.717, 1.165) is 18.4 Å². The van der Waals surface area contributed by atoms with Crippen molar-refractivity contribution in [2.24, 2.45) is 0 Å². The maximum Gasteiger partial charge on any atom is 0.416 e. The quantitative estimate of drug-likeness (QED) is 0.632. The van der Waals surface area contributed by atoms with Crippen LogP contribution < -0.4 is 0 Å². The van der Waals surface area contributed by atoms with Crippen molar-refractivity contribution < 1.29 is 13.2 Å². The minimum Gasteiger partial charge on any atom is -0.166 e. The molecule has 0 atom stereocenters. The largest absolute Gasteiger partial charge is 0.416 e. The second-order valence-electron chi connectivity index (χ2n) is 5.16. The van der Waals surface area contributed by atoms with Crippen LogP contribution in [0, 0.1) is 0 Å². The van der Waals surface area contributed by atoms with Crippen LogP contribution in [0.4, 0.5) is 13.2 Å². The summed E-state index contributed by atoms with van der Waals surface area (Å²) in [4.78, 5) is 0. The molecule has 1 aliphatic rings. The van der Waals surface area contributed by atoms with E-state index in [-0.39, 0.29) is 0 Å². The van der Waals surface area contributed by atoms with Gasteiger partial charge in [0.25, 0.3) is 0 Å². The number of hydrogen-bond donors (Lipinski definition) is 0. The molecule has 1 aliphatic carbocycles. The average Bonchev–Trinajstić information content (AvgIpc) is 2.39. The van der Waals surface area contributed by atoms with Crippen LogP contribution in [0.1, 0.15) is 49.7 Å². The van der Waals surface area contributed by atoms with Gasteiger partial charge >= 0.3 is 6.18 Å². The first-order chi connectivity index (χ1) is 9.05. The van der Waals surface area contributed by atoms with Gasteiger partial charge in [-0.25, -0.2) is 0 Å². The lowest BCUT2D eigenvalue weighted by Crippen LogP contribution is -2.04. The first kappa shape index (κ1) is 14.2. The van der Waals surface area contributed by atoms with Gasteiger partial charge in [0.1, 0.15) is 0 Å². The number of allylic oxidation sites excluding steroid dienone is 2. The summed E-state index contributed by atoms with van der Waals surface area (Å²) in [6.45, 7) is 0. The third-order valence-corrected chi connectivity index (χ3v) is 3.64. The molecule has 19 heavy (non-hydrogen) atoms. The Morgan fingerprint density at radius 2 is 1.58 bits per heavy atom. The zero-order valence-corrected chi connectivity index (χ0v) is 11.0. The molecule has 0 radical (unpaired) electrons. The Hall–Kier alpha value is -1.25. The van der Waals surface area contributed by atoms with Crippen molar-refractivity contribution in [2.75, 3.05) is 0 Å². The van der Waals surface area contributed by atoms with Gasteiger partial charge in [0.15, 0.2) is 0 Å². The fourth-order valence-electron chi connectivity index (χ4n) is 2.51. The molecule has 0 amide bonds. The number of alkyl halides is 3. The molecule has 0 nitrogen and oxygen atoms in total. The maximum atomic E-state index is 12.4.